The highest BCUT2D eigenvalue weighted by atomic mass is 35.5. The molecule has 3 amide bonds. The van der Waals surface area contributed by atoms with Crippen LogP contribution in [0.4, 0.5) is 4.39 Å². The Morgan fingerprint density at radius 3 is 2.08 bits per heavy atom. The van der Waals surface area contributed by atoms with E-state index in [1.165, 1.54) is 30.3 Å². The quantitative estimate of drug-likeness (QED) is 0.262. The molecular weight excluding hydrogens is 530 g/mol. The fourth-order valence-electron chi connectivity index (χ4n) is 6.01. The van der Waals surface area contributed by atoms with Gasteiger partial charge in [-0.2, -0.15) is 5.01 Å². The number of hydrogen-bond donors (Lipinski definition) is 0. The number of hydrazine groups is 1. The summed E-state index contributed by atoms with van der Waals surface area (Å²) in [5, 5.41) is 2.13. The van der Waals surface area contributed by atoms with Crippen molar-refractivity contribution in [3.8, 4) is 0 Å². The smallest absolute Gasteiger partial charge is 0.273 e. The summed E-state index contributed by atoms with van der Waals surface area (Å²) in [6.45, 7) is 0. The molecule has 2 aromatic rings. The number of carbonyl (C=O) groups excluding carboxylic acids is 4. The lowest BCUT2D eigenvalue weighted by molar-refractivity contribution is -0.157. The highest BCUT2D eigenvalue weighted by molar-refractivity contribution is 6.42. The minimum Gasteiger partial charge on any atom is -0.292 e. The van der Waals surface area contributed by atoms with Crippen LogP contribution < -0.4 is 0 Å². The molecule has 0 spiro atoms. The van der Waals surface area contributed by atoms with Crippen LogP contribution >= 0.6 is 34.8 Å². The van der Waals surface area contributed by atoms with Crippen molar-refractivity contribution in [2.45, 2.75) is 31.7 Å². The van der Waals surface area contributed by atoms with Gasteiger partial charge in [0, 0.05) is 17.0 Å². The maximum Gasteiger partial charge on any atom is 0.273 e. The first kappa shape index (κ1) is 25.2. The molecule has 0 unspecified atom stereocenters. The van der Waals surface area contributed by atoms with E-state index in [4.69, 9.17) is 34.8 Å². The molecule has 6 nitrogen and oxygen atoms in total. The molecule has 1 heterocycles. The lowest BCUT2D eigenvalue weighted by atomic mass is 9.81. The first-order chi connectivity index (χ1) is 17.2. The number of rotatable bonds is 7. The van der Waals surface area contributed by atoms with E-state index in [0.717, 1.165) is 41.4 Å². The molecule has 3 fully saturated rings. The van der Waals surface area contributed by atoms with E-state index >= 15 is 0 Å². The van der Waals surface area contributed by atoms with Crippen molar-refractivity contribution in [1.82, 2.24) is 10.0 Å². The Balaban J connectivity index is 1.60. The van der Waals surface area contributed by atoms with E-state index in [2.05, 4.69) is 0 Å². The Hall–Kier alpha value is -2.48. The number of fused-ring (bicyclic) bond motifs is 5. The lowest BCUT2D eigenvalue weighted by Gasteiger charge is -2.36. The largest absolute Gasteiger partial charge is 0.292 e. The summed E-state index contributed by atoms with van der Waals surface area (Å²) in [6, 6.07) is 7.74. The van der Waals surface area contributed by atoms with Crippen LogP contribution in [-0.4, -0.2) is 45.4 Å². The summed E-state index contributed by atoms with van der Waals surface area (Å²) in [5.41, 5.74) is 0.175. The lowest BCUT2D eigenvalue weighted by Crippen LogP contribution is -2.58. The number of halogens is 4. The number of Topliss-reactive ketones (excluding diaryl/α,β-unsaturated/α-hetero) is 1. The predicted octanol–water partition coefficient (Wildman–Crippen LogP) is 5.40. The molecule has 0 radical (unpaired) electrons. The predicted molar refractivity (Wildman–Crippen MR) is 132 cm³/mol. The van der Waals surface area contributed by atoms with E-state index in [0.29, 0.717) is 0 Å². The molecule has 10 heteroatoms. The molecule has 188 valence electrons. The standard InChI is InChI=1S/C26H22Cl3FN2O4/c27-10-9-20(23(33)13-3-6-17(30)7-4-13)31(24(34)16-5-8-18(28)19(29)12-16)32-25(35)21-14-1-2-15(11-14)22(21)26(32)36/h3-8,12,14-15,20-22H,1-2,9-11H2/t14-,15-,20-,21+,22+/m0/s1. The van der Waals surface area contributed by atoms with Gasteiger partial charge in [0.05, 0.1) is 21.9 Å². The van der Waals surface area contributed by atoms with Gasteiger partial charge < -0.3 is 0 Å². The van der Waals surface area contributed by atoms with Crippen LogP contribution in [0, 0.1) is 29.5 Å². The Labute approximate surface area is 222 Å². The average Bonchev–Trinajstić information content (AvgIpc) is 3.55. The monoisotopic (exact) mass is 550 g/mol. The summed E-state index contributed by atoms with van der Waals surface area (Å²) in [7, 11) is 0. The average molecular weight is 552 g/mol. The number of ketones is 1. The van der Waals surface area contributed by atoms with E-state index < -0.39 is 47.2 Å². The van der Waals surface area contributed by atoms with Gasteiger partial charge in [0.15, 0.2) is 5.78 Å². The molecule has 2 saturated carbocycles. The topological polar surface area (TPSA) is 74.8 Å². The summed E-state index contributed by atoms with van der Waals surface area (Å²) < 4.78 is 13.5. The Kier molecular flexibility index (Phi) is 6.83. The molecule has 3 aliphatic rings. The zero-order chi connectivity index (χ0) is 25.7. The van der Waals surface area contributed by atoms with E-state index in [1.807, 2.05) is 0 Å². The van der Waals surface area contributed by atoms with Gasteiger partial charge in [-0.15, -0.1) is 11.6 Å². The number of imide groups is 1. The first-order valence-electron chi connectivity index (χ1n) is 11.7. The Morgan fingerprint density at radius 2 is 1.53 bits per heavy atom. The van der Waals surface area contributed by atoms with Crippen LogP contribution in [0.2, 0.25) is 10.0 Å². The molecule has 2 aliphatic carbocycles. The van der Waals surface area contributed by atoms with Crippen LogP contribution in [0.5, 0.6) is 0 Å². The molecule has 5 rings (SSSR count). The van der Waals surface area contributed by atoms with Gasteiger partial charge in [0.1, 0.15) is 11.9 Å². The minimum atomic E-state index is -1.28. The summed E-state index contributed by atoms with van der Waals surface area (Å²) >= 11 is 18.2. The molecule has 2 aromatic carbocycles. The fourth-order valence-corrected chi connectivity index (χ4v) is 6.52. The molecular formula is C26H22Cl3FN2O4. The molecule has 5 atom stereocenters. The minimum absolute atomic E-state index is 0.0307. The zero-order valence-corrected chi connectivity index (χ0v) is 21.3. The fraction of sp³-hybridized carbons (Fsp3) is 0.385. The molecule has 0 aromatic heterocycles. The number of carbonyl (C=O) groups is 4. The number of benzene rings is 2. The third-order valence-corrected chi connectivity index (χ3v) is 8.56. The van der Waals surface area contributed by atoms with Crippen molar-refractivity contribution in [1.29, 1.82) is 0 Å². The van der Waals surface area contributed by atoms with Crippen molar-refractivity contribution < 1.29 is 23.6 Å². The third-order valence-electron chi connectivity index (χ3n) is 7.60. The normalized spacial score (nSPS) is 25.3. The van der Waals surface area contributed by atoms with Crippen LogP contribution in [0.1, 0.15) is 46.4 Å². The SMILES string of the molecule is O=C(c1ccc(F)cc1)[C@H](CCCl)N(C(=O)c1ccc(Cl)c(Cl)c1)N1C(=O)[C@@H]2[C@H]3CC[C@@H](C3)[C@H]2C1=O. The maximum atomic E-state index is 13.9. The van der Waals surface area contributed by atoms with Crippen molar-refractivity contribution in [3.63, 3.8) is 0 Å². The summed E-state index contributed by atoms with van der Waals surface area (Å²) in [6.07, 6.45) is 2.50. The summed E-state index contributed by atoms with van der Waals surface area (Å²) in [4.78, 5) is 54.9. The Bertz CT molecular complexity index is 1230. The number of amides is 3. The summed E-state index contributed by atoms with van der Waals surface area (Å²) in [5.74, 6) is -3.66. The van der Waals surface area contributed by atoms with Crippen molar-refractivity contribution >= 4 is 58.3 Å². The second-order valence-electron chi connectivity index (χ2n) is 9.52. The van der Waals surface area contributed by atoms with Gasteiger partial charge in [-0.25, -0.2) is 9.40 Å². The molecule has 1 aliphatic heterocycles. The highest BCUT2D eigenvalue weighted by Crippen LogP contribution is 2.56. The second-order valence-corrected chi connectivity index (χ2v) is 10.7. The van der Waals surface area contributed by atoms with Crippen LogP contribution in [0.15, 0.2) is 42.5 Å². The third kappa shape index (κ3) is 4.11. The van der Waals surface area contributed by atoms with Crippen LogP contribution in [-0.2, 0) is 9.59 Å². The molecule has 1 saturated heterocycles. The highest BCUT2D eigenvalue weighted by Gasteiger charge is 2.63. The number of hydrogen-bond acceptors (Lipinski definition) is 4. The molecule has 0 N–H and O–H groups in total. The van der Waals surface area contributed by atoms with Gasteiger partial charge in [0.25, 0.3) is 17.7 Å². The van der Waals surface area contributed by atoms with E-state index in [-0.39, 0.29) is 45.3 Å². The van der Waals surface area contributed by atoms with Gasteiger partial charge in [-0.1, -0.05) is 23.2 Å². The van der Waals surface area contributed by atoms with Crippen LogP contribution in [0.3, 0.4) is 0 Å². The molecule has 2 bridgehead atoms. The van der Waals surface area contributed by atoms with Gasteiger partial charge in [-0.3, -0.25) is 19.2 Å². The van der Waals surface area contributed by atoms with Crippen molar-refractivity contribution in [2.24, 2.45) is 23.7 Å². The van der Waals surface area contributed by atoms with Gasteiger partial charge >= 0.3 is 0 Å². The first-order valence-corrected chi connectivity index (χ1v) is 13.0. The molecule has 36 heavy (non-hydrogen) atoms. The van der Waals surface area contributed by atoms with Gasteiger partial charge in [-0.05, 0) is 80.0 Å². The Morgan fingerprint density at radius 1 is 0.944 bits per heavy atom. The van der Waals surface area contributed by atoms with Gasteiger partial charge in [0.2, 0.25) is 0 Å². The van der Waals surface area contributed by atoms with E-state index in [1.54, 1.807) is 0 Å². The van der Waals surface area contributed by atoms with Crippen LogP contribution in [0.25, 0.3) is 0 Å². The maximum absolute atomic E-state index is 13.9. The van der Waals surface area contributed by atoms with E-state index in [9.17, 15) is 23.6 Å². The van der Waals surface area contributed by atoms with Crippen molar-refractivity contribution in [3.05, 3.63) is 69.5 Å². The van der Waals surface area contributed by atoms with Crippen molar-refractivity contribution in [2.75, 3.05) is 5.88 Å². The second kappa shape index (κ2) is 9.77. The number of alkyl halides is 1. The number of nitrogens with zero attached hydrogens (tertiary/aromatic N) is 2. The zero-order valence-electron chi connectivity index (χ0n) is 19.0.